The van der Waals surface area contributed by atoms with Crippen molar-refractivity contribution in [2.24, 2.45) is 5.92 Å². The average molecular weight is 418 g/mol. The number of benzene rings is 2. The van der Waals surface area contributed by atoms with E-state index in [1.54, 1.807) is 38.1 Å². The van der Waals surface area contributed by atoms with Crippen LogP contribution in [0.2, 0.25) is 0 Å². The summed E-state index contributed by atoms with van der Waals surface area (Å²) in [5.74, 6) is -1.35. The third-order valence-corrected chi connectivity index (χ3v) is 3.87. The van der Waals surface area contributed by atoms with Gasteiger partial charge in [-0.25, -0.2) is 9.59 Å². The second kappa shape index (κ2) is 9.39. The van der Waals surface area contributed by atoms with Crippen molar-refractivity contribution in [2.45, 2.75) is 33.5 Å². The van der Waals surface area contributed by atoms with Crippen molar-refractivity contribution < 1.29 is 38.7 Å². The van der Waals surface area contributed by atoms with Crippen LogP contribution in [-0.2, 0) is 9.47 Å². The minimum absolute atomic E-state index is 0.0747. The van der Waals surface area contributed by atoms with Crippen molar-refractivity contribution in [3.63, 3.8) is 0 Å². The number of esters is 2. The fraction of sp³-hybridized carbons (Fsp3) is 0.364. The van der Waals surface area contributed by atoms with E-state index in [0.717, 1.165) is 0 Å². The molecular weight excluding hydrogens is 392 g/mol. The van der Waals surface area contributed by atoms with Crippen LogP contribution in [0.1, 0.15) is 48.4 Å². The first-order valence-electron chi connectivity index (χ1n) is 9.33. The summed E-state index contributed by atoms with van der Waals surface area (Å²) >= 11 is 0. The maximum absolute atomic E-state index is 11.5. The molecule has 1 aliphatic heterocycles. The summed E-state index contributed by atoms with van der Waals surface area (Å²) in [4.78, 5) is 22.9. The highest BCUT2D eigenvalue weighted by molar-refractivity contribution is 5.96. The largest absolute Gasteiger partial charge is 0.507 e. The Bertz CT molecular complexity index is 917. The number of methoxy groups -OCH3 is 1. The van der Waals surface area contributed by atoms with E-state index >= 15 is 0 Å². The molecule has 0 fully saturated rings. The summed E-state index contributed by atoms with van der Waals surface area (Å²) in [5.41, 5.74) is 0.164. The van der Waals surface area contributed by atoms with Gasteiger partial charge in [0.15, 0.2) is 0 Å². The Balaban J connectivity index is 0.000000215. The van der Waals surface area contributed by atoms with Crippen LogP contribution in [0.3, 0.4) is 0 Å². The molecule has 30 heavy (non-hydrogen) atoms. The Hall–Kier alpha value is -3.42. The third kappa shape index (κ3) is 5.56. The average Bonchev–Trinajstić information content (AvgIpc) is 2.65. The zero-order valence-corrected chi connectivity index (χ0v) is 17.6. The molecule has 8 nitrogen and oxygen atoms in total. The molecular formula is C22H26O8. The van der Waals surface area contributed by atoms with Gasteiger partial charge in [0.2, 0.25) is 5.79 Å². The van der Waals surface area contributed by atoms with Crippen LogP contribution >= 0.6 is 0 Å². The molecule has 8 heteroatoms. The second-order valence-electron chi connectivity index (χ2n) is 7.39. The molecule has 0 amide bonds. The molecule has 3 rings (SSSR count). The fourth-order valence-electron chi connectivity index (χ4n) is 2.57. The highest BCUT2D eigenvalue weighted by Crippen LogP contribution is 2.35. The number of ether oxygens (including phenoxy) is 4. The molecule has 2 N–H and O–H groups in total. The Morgan fingerprint density at radius 3 is 2.33 bits per heavy atom. The van der Waals surface area contributed by atoms with Gasteiger partial charge in [-0.2, -0.15) is 0 Å². The van der Waals surface area contributed by atoms with Crippen molar-refractivity contribution in [3.05, 3.63) is 47.5 Å². The van der Waals surface area contributed by atoms with Crippen LogP contribution in [0.15, 0.2) is 36.4 Å². The summed E-state index contributed by atoms with van der Waals surface area (Å²) in [6.07, 6.45) is 0. The molecule has 0 spiro atoms. The maximum atomic E-state index is 11.5. The first-order valence-corrected chi connectivity index (χ1v) is 9.33. The number of cyclic esters (lactones) is 1. The summed E-state index contributed by atoms with van der Waals surface area (Å²) in [6, 6.07) is 9.34. The number of phenolic OH excluding ortho intramolecular Hbond substituents is 2. The molecule has 2 aromatic carbocycles. The molecule has 0 bridgehead atoms. The van der Waals surface area contributed by atoms with Gasteiger partial charge >= 0.3 is 11.9 Å². The van der Waals surface area contributed by atoms with Crippen molar-refractivity contribution >= 4 is 11.9 Å². The van der Waals surface area contributed by atoms with Crippen LogP contribution < -0.4 is 9.47 Å². The number of hydrogen-bond donors (Lipinski definition) is 2. The van der Waals surface area contributed by atoms with Gasteiger partial charge in [-0.1, -0.05) is 26.0 Å². The van der Waals surface area contributed by atoms with Gasteiger partial charge in [-0.3, -0.25) is 0 Å². The summed E-state index contributed by atoms with van der Waals surface area (Å²) in [7, 11) is 1.26. The highest BCUT2D eigenvalue weighted by atomic mass is 16.7. The van der Waals surface area contributed by atoms with Crippen molar-refractivity contribution in [1.82, 2.24) is 0 Å². The van der Waals surface area contributed by atoms with Gasteiger partial charge < -0.3 is 29.2 Å². The predicted molar refractivity (Wildman–Crippen MR) is 108 cm³/mol. The van der Waals surface area contributed by atoms with E-state index in [0.29, 0.717) is 24.0 Å². The number of carbonyl (C=O) groups excluding carboxylic acids is 2. The van der Waals surface area contributed by atoms with Crippen molar-refractivity contribution in [3.8, 4) is 23.0 Å². The lowest BCUT2D eigenvalue weighted by Gasteiger charge is -2.31. The Morgan fingerprint density at radius 1 is 1.07 bits per heavy atom. The maximum Gasteiger partial charge on any atom is 0.349 e. The lowest BCUT2D eigenvalue weighted by atomic mass is 10.1. The number of rotatable bonds is 4. The van der Waals surface area contributed by atoms with E-state index in [-0.39, 0.29) is 22.6 Å². The first-order chi connectivity index (χ1) is 14.1. The minimum atomic E-state index is -0.974. The number of phenols is 2. The van der Waals surface area contributed by atoms with Crippen molar-refractivity contribution in [2.75, 3.05) is 13.7 Å². The van der Waals surface area contributed by atoms with Gasteiger partial charge in [0, 0.05) is 13.8 Å². The van der Waals surface area contributed by atoms with E-state index in [4.69, 9.17) is 14.2 Å². The van der Waals surface area contributed by atoms with Gasteiger partial charge in [-0.05, 0) is 30.2 Å². The molecule has 1 heterocycles. The number of fused-ring (bicyclic) bond motifs is 1. The SMILES string of the molecule is CC1(C)OC(=O)c2c(O)cccc2O1.COC(=O)c1c(O)cccc1OCC(C)C. The zero-order chi connectivity index (χ0) is 22.5. The van der Waals surface area contributed by atoms with Crippen LogP contribution in [0.25, 0.3) is 0 Å². The zero-order valence-electron chi connectivity index (χ0n) is 17.6. The van der Waals surface area contributed by atoms with Gasteiger partial charge in [0.1, 0.15) is 34.1 Å². The molecule has 0 atom stereocenters. The Kier molecular flexibility index (Phi) is 7.15. The van der Waals surface area contributed by atoms with Gasteiger partial charge in [0.25, 0.3) is 0 Å². The van der Waals surface area contributed by atoms with E-state index in [9.17, 15) is 19.8 Å². The quantitative estimate of drug-likeness (QED) is 0.720. The molecule has 2 aromatic rings. The smallest absolute Gasteiger partial charge is 0.349 e. The van der Waals surface area contributed by atoms with Crippen LogP contribution in [-0.4, -0.2) is 41.7 Å². The molecule has 0 aliphatic carbocycles. The minimum Gasteiger partial charge on any atom is -0.507 e. The molecule has 1 aliphatic rings. The first kappa shape index (κ1) is 22.9. The Labute approximate surface area is 175 Å². The van der Waals surface area contributed by atoms with E-state index in [2.05, 4.69) is 4.74 Å². The number of carbonyl (C=O) groups is 2. The van der Waals surface area contributed by atoms with Crippen LogP contribution in [0, 0.1) is 5.92 Å². The fourth-order valence-corrected chi connectivity index (χ4v) is 2.57. The standard InChI is InChI=1S/C12H16O4.C10H10O4/c1-8(2)7-16-10-6-4-5-9(13)11(10)12(14)15-3;1-10(2)13-7-5-3-4-6(11)8(7)9(12)14-10/h4-6,8,13H,7H2,1-3H3;3-5,11H,1-2H3. The topological polar surface area (TPSA) is 112 Å². The second-order valence-corrected chi connectivity index (χ2v) is 7.39. The lowest BCUT2D eigenvalue weighted by molar-refractivity contribution is -0.127. The normalized spacial score (nSPS) is 13.9. The summed E-state index contributed by atoms with van der Waals surface area (Å²) in [5, 5.41) is 19.0. The Morgan fingerprint density at radius 2 is 1.70 bits per heavy atom. The molecule has 0 aromatic heterocycles. The van der Waals surface area contributed by atoms with Gasteiger partial charge in [-0.15, -0.1) is 0 Å². The van der Waals surface area contributed by atoms with Gasteiger partial charge in [0.05, 0.1) is 13.7 Å². The summed E-state index contributed by atoms with van der Waals surface area (Å²) in [6.45, 7) is 7.75. The van der Waals surface area contributed by atoms with Crippen LogP contribution in [0.5, 0.6) is 23.0 Å². The van der Waals surface area contributed by atoms with E-state index in [1.165, 1.54) is 19.2 Å². The molecule has 0 saturated carbocycles. The summed E-state index contributed by atoms with van der Waals surface area (Å²) < 4.78 is 20.4. The number of hydrogen-bond acceptors (Lipinski definition) is 8. The van der Waals surface area contributed by atoms with Crippen LogP contribution in [0.4, 0.5) is 0 Å². The lowest BCUT2D eigenvalue weighted by Crippen LogP contribution is -2.38. The van der Waals surface area contributed by atoms with E-state index in [1.807, 2.05) is 13.8 Å². The molecule has 0 radical (unpaired) electrons. The monoisotopic (exact) mass is 418 g/mol. The molecule has 0 unspecified atom stereocenters. The third-order valence-electron chi connectivity index (χ3n) is 3.87. The number of aromatic hydroxyl groups is 2. The predicted octanol–water partition coefficient (Wildman–Crippen LogP) is 3.89. The van der Waals surface area contributed by atoms with E-state index < -0.39 is 17.7 Å². The highest BCUT2D eigenvalue weighted by Gasteiger charge is 2.35. The molecule has 162 valence electrons. The molecule has 0 saturated heterocycles. The van der Waals surface area contributed by atoms with Crippen molar-refractivity contribution in [1.29, 1.82) is 0 Å².